The van der Waals surface area contributed by atoms with E-state index >= 15 is 0 Å². The second-order valence-electron chi connectivity index (χ2n) is 3.75. The van der Waals surface area contributed by atoms with Crippen LogP contribution in [0.1, 0.15) is 23.7 Å². The summed E-state index contributed by atoms with van der Waals surface area (Å²) in [6, 6.07) is 7.27. The monoisotopic (exact) mass is 205 g/mol. The minimum atomic E-state index is -0.119. The quantitative estimate of drug-likeness (QED) is 0.556. The lowest BCUT2D eigenvalue weighted by Gasteiger charge is -2.12. The van der Waals surface area contributed by atoms with Crippen molar-refractivity contribution in [2.75, 3.05) is 19.0 Å². The van der Waals surface area contributed by atoms with Crippen LogP contribution in [0.3, 0.4) is 0 Å². The Morgan fingerprint density at radius 3 is 2.47 bits per heavy atom. The molecule has 0 aliphatic rings. The van der Waals surface area contributed by atoms with Gasteiger partial charge in [-0.05, 0) is 19.1 Å². The lowest BCUT2D eigenvalue weighted by atomic mass is 10.1. The van der Waals surface area contributed by atoms with Crippen LogP contribution in [0.5, 0.6) is 0 Å². The van der Waals surface area contributed by atoms with Crippen LogP contribution >= 0.6 is 0 Å². The van der Waals surface area contributed by atoms with Crippen LogP contribution in [0.25, 0.3) is 0 Å². The molecule has 0 aromatic heterocycles. The number of Topliss-reactive ketones (excluding diaryl/α,β-unsaturated/α-hetero) is 2. The minimum absolute atomic E-state index is 0.0170. The van der Waals surface area contributed by atoms with Crippen LogP contribution in [-0.4, -0.2) is 25.7 Å². The fourth-order valence-electron chi connectivity index (χ4n) is 1.29. The first kappa shape index (κ1) is 11.4. The number of benzene rings is 1. The summed E-state index contributed by atoms with van der Waals surface area (Å²) >= 11 is 0. The topological polar surface area (TPSA) is 37.4 Å². The van der Waals surface area contributed by atoms with Crippen LogP contribution in [-0.2, 0) is 4.79 Å². The van der Waals surface area contributed by atoms with Gasteiger partial charge in [-0.1, -0.05) is 12.1 Å². The van der Waals surface area contributed by atoms with Crippen molar-refractivity contribution in [1.82, 2.24) is 0 Å². The Labute approximate surface area is 89.7 Å². The predicted molar refractivity (Wildman–Crippen MR) is 60.4 cm³/mol. The number of hydrogen-bond acceptors (Lipinski definition) is 3. The molecular weight excluding hydrogens is 190 g/mol. The summed E-state index contributed by atoms with van der Waals surface area (Å²) in [6.45, 7) is 1.42. The number of ketones is 2. The highest BCUT2D eigenvalue weighted by Crippen LogP contribution is 2.14. The van der Waals surface area contributed by atoms with Crippen molar-refractivity contribution in [3.63, 3.8) is 0 Å². The van der Waals surface area contributed by atoms with E-state index in [1.165, 1.54) is 6.92 Å². The number of anilines is 1. The second-order valence-corrected chi connectivity index (χ2v) is 3.75. The molecule has 0 N–H and O–H groups in total. The average Bonchev–Trinajstić information content (AvgIpc) is 2.17. The number of hydrogen-bond donors (Lipinski definition) is 0. The third kappa shape index (κ3) is 3.20. The van der Waals surface area contributed by atoms with E-state index < -0.39 is 0 Å². The fraction of sp³-hybridized carbons (Fsp3) is 0.333. The first-order valence-corrected chi connectivity index (χ1v) is 4.80. The first-order valence-electron chi connectivity index (χ1n) is 4.80. The molecule has 3 nitrogen and oxygen atoms in total. The molecule has 0 unspecified atom stereocenters. The van der Waals surface area contributed by atoms with Gasteiger partial charge in [0.05, 0.1) is 6.42 Å². The molecule has 0 saturated heterocycles. The Hall–Kier alpha value is -1.64. The molecule has 0 radical (unpaired) electrons. The van der Waals surface area contributed by atoms with E-state index in [1.807, 2.05) is 31.1 Å². The highest BCUT2D eigenvalue weighted by atomic mass is 16.1. The lowest BCUT2D eigenvalue weighted by Crippen LogP contribution is -2.10. The molecule has 0 spiro atoms. The Bertz CT molecular complexity index is 383. The molecule has 0 aliphatic carbocycles. The van der Waals surface area contributed by atoms with Crippen LogP contribution in [0.4, 0.5) is 5.69 Å². The largest absolute Gasteiger partial charge is 0.378 e. The summed E-state index contributed by atoms with van der Waals surface area (Å²) in [5.41, 5.74) is 1.56. The summed E-state index contributed by atoms with van der Waals surface area (Å²) in [6.07, 6.45) is -0.0170. The van der Waals surface area contributed by atoms with Gasteiger partial charge < -0.3 is 4.90 Å². The van der Waals surface area contributed by atoms with E-state index in [0.717, 1.165) is 5.69 Å². The predicted octanol–water partition coefficient (Wildman–Crippen LogP) is 1.91. The number of carbonyl (C=O) groups is 2. The molecule has 0 aliphatic heterocycles. The Morgan fingerprint density at radius 2 is 1.93 bits per heavy atom. The van der Waals surface area contributed by atoms with Crippen molar-refractivity contribution in [2.45, 2.75) is 13.3 Å². The van der Waals surface area contributed by atoms with Crippen LogP contribution in [0, 0.1) is 0 Å². The molecule has 1 aromatic carbocycles. The molecular formula is C12H15NO2. The third-order valence-electron chi connectivity index (χ3n) is 2.09. The van der Waals surface area contributed by atoms with E-state index in [2.05, 4.69) is 0 Å². The number of nitrogens with zero attached hydrogens (tertiary/aromatic N) is 1. The van der Waals surface area contributed by atoms with Gasteiger partial charge in [0.15, 0.2) is 5.78 Å². The molecule has 15 heavy (non-hydrogen) atoms. The molecule has 0 fully saturated rings. The Balaban J connectivity index is 2.90. The summed E-state index contributed by atoms with van der Waals surface area (Å²) in [5.74, 6) is -0.221. The summed E-state index contributed by atoms with van der Waals surface area (Å²) in [5, 5.41) is 0. The summed E-state index contributed by atoms with van der Waals surface area (Å²) < 4.78 is 0. The molecule has 0 atom stereocenters. The molecule has 1 rings (SSSR count). The number of rotatable bonds is 4. The van der Waals surface area contributed by atoms with Crippen LogP contribution in [0.2, 0.25) is 0 Å². The maximum Gasteiger partial charge on any atom is 0.170 e. The van der Waals surface area contributed by atoms with E-state index in [9.17, 15) is 9.59 Å². The Morgan fingerprint density at radius 1 is 1.27 bits per heavy atom. The van der Waals surface area contributed by atoms with Gasteiger partial charge in [0.1, 0.15) is 5.78 Å². The summed E-state index contributed by atoms with van der Waals surface area (Å²) in [7, 11) is 3.82. The van der Waals surface area contributed by atoms with Crippen molar-refractivity contribution >= 4 is 17.3 Å². The SMILES string of the molecule is CC(=O)CC(=O)c1cccc(N(C)C)c1. The zero-order valence-corrected chi connectivity index (χ0v) is 9.28. The van der Waals surface area contributed by atoms with E-state index in [0.29, 0.717) is 5.56 Å². The van der Waals surface area contributed by atoms with Crippen molar-refractivity contribution in [3.05, 3.63) is 29.8 Å². The molecule has 80 valence electrons. The summed E-state index contributed by atoms with van der Waals surface area (Å²) in [4.78, 5) is 24.3. The van der Waals surface area contributed by atoms with Crippen LogP contribution in [0.15, 0.2) is 24.3 Å². The normalized spacial score (nSPS) is 9.80. The van der Waals surface area contributed by atoms with E-state index in [4.69, 9.17) is 0 Å². The highest BCUT2D eigenvalue weighted by Gasteiger charge is 2.09. The van der Waals surface area contributed by atoms with Crippen molar-refractivity contribution < 1.29 is 9.59 Å². The van der Waals surface area contributed by atoms with E-state index in [-0.39, 0.29) is 18.0 Å². The zero-order chi connectivity index (χ0) is 11.4. The van der Waals surface area contributed by atoms with Crippen LogP contribution < -0.4 is 4.90 Å². The lowest BCUT2D eigenvalue weighted by molar-refractivity contribution is -0.116. The Kier molecular flexibility index (Phi) is 3.61. The van der Waals surface area contributed by atoms with Gasteiger partial charge in [-0.2, -0.15) is 0 Å². The van der Waals surface area contributed by atoms with Gasteiger partial charge >= 0.3 is 0 Å². The second kappa shape index (κ2) is 4.73. The molecule has 0 amide bonds. The number of carbonyl (C=O) groups excluding carboxylic acids is 2. The molecule has 0 saturated carbocycles. The molecule has 3 heteroatoms. The van der Waals surface area contributed by atoms with Gasteiger partial charge in [0.2, 0.25) is 0 Å². The van der Waals surface area contributed by atoms with Gasteiger partial charge in [0.25, 0.3) is 0 Å². The van der Waals surface area contributed by atoms with Gasteiger partial charge in [0, 0.05) is 25.3 Å². The van der Waals surface area contributed by atoms with Gasteiger partial charge in [-0.15, -0.1) is 0 Å². The maximum absolute atomic E-state index is 11.6. The van der Waals surface area contributed by atoms with Crippen molar-refractivity contribution in [3.8, 4) is 0 Å². The molecule has 1 aromatic rings. The standard InChI is InChI=1S/C12H15NO2/c1-9(14)7-12(15)10-5-4-6-11(8-10)13(2)3/h4-6,8H,7H2,1-3H3. The zero-order valence-electron chi connectivity index (χ0n) is 9.28. The minimum Gasteiger partial charge on any atom is -0.378 e. The fourth-order valence-corrected chi connectivity index (χ4v) is 1.29. The van der Waals surface area contributed by atoms with Crippen molar-refractivity contribution in [1.29, 1.82) is 0 Å². The van der Waals surface area contributed by atoms with Gasteiger partial charge in [-0.3, -0.25) is 9.59 Å². The maximum atomic E-state index is 11.6. The smallest absolute Gasteiger partial charge is 0.170 e. The highest BCUT2D eigenvalue weighted by molar-refractivity contribution is 6.07. The van der Waals surface area contributed by atoms with E-state index in [1.54, 1.807) is 12.1 Å². The first-order chi connectivity index (χ1) is 7.00. The third-order valence-corrected chi connectivity index (χ3v) is 2.09. The molecule has 0 heterocycles. The van der Waals surface area contributed by atoms with Crippen molar-refractivity contribution in [2.24, 2.45) is 0 Å². The van der Waals surface area contributed by atoms with Gasteiger partial charge in [-0.25, -0.2) is 0 Å². The molecule has 0 bridgehead atoms. The average molecular weight is 205 g/mol.